The van der Waals surface area contributed by atoms with Gasteiger partial charge in [0.05, 0.1) is 16.9 Å². The maximum atomic E-state index is 11.8. The van der Waals surface area contributed by atoms with Crippen LogP contribution in [0.1, 0.15) is 43.3 Å². The molecule has 2 aliphatic rings. The lowest BCUT2D eigenvalue weighted by Gasteiger charge is -2.18. The van der Waals surface area contributed by atoms with Gasteiger partial charge < -0.3 is 9.84 Å². The number of piperidine rings is 1. The first kappa shape index (κ1) is 13.1. The molecule has 0 saturated carbocycles. The second-order valence-corrected chi connectivity index (χ2v) is 7.83. The van der Waals surface area contributed by atoms with E-state index in [4.69, 9.17) is 4.52 Å². The van der Waals surface area contributed by atoms with Gasteiger partial charge in [-0.1, -0.05) is 5.16 Å². The Labute approximate surface area is 112 Å². The van der Waals surface area contributed by atoms with E-state index in [1.165, 1.54) is 0 Å². The van der Waals surface area contributed by atoms with Crippen molar-refractivity contribution in [1.29, 1.82) is 0 Å². The molecule has 0 amide bonds. The molecule has 0 aromatic carbocycles. The summed E-state index contributed by atoms with van der Waals surface area (Å²) in [5, 5.41) is 6.93. The Kier molecular flexibility index (Phi) is 3.58. The summed E-state index contributed by atoms with van der Waals surface area (Å²) < 4.78 is 28.8. The zero-order valence-electron chi connectivity index (χ0n) is 10.8. The van der Waals surface area contributed by atoms with Crippen LogP contribution in [0.2, 0.25) is 0 Å². The molecule has 0 bridgehead atoms. The minimum atomic E-state index is -2.93. The van der Waals surface area contributed by atoms with Crippen molar-refractivity contribution < 1.29 is 12.9 Å². The van der Waals surface area contributed by atoms with Gasteiger partial charge in [-0.25, -0.2) is 8.42 Å². The summed E-state index contributed by atoms with van der Waals surface area (Å²) in [4.78, 5) is 4.38. The van der Waals surface area contributed by atoms with Crippen molar-refractivity contribution in [1.82, 2.24) is 15.5 Å². The third kappa shape index (κ3) is 2.81. The van der Waals surface area contributed by atoms with Crippen LogP contribution in [0.3, 0.4) is 0 Å². The molecule has 2 fully saturated rings. The molecule has 106 valence electrons. The molecule has 3 heterocycles. The molecule has 0 radical (unpaired) electrons. The number of nitrogens with zero attached hydrogens (tertiary/aromatic N) is 2. The molecule has 19 heavy (non-hydrogen) atoms. The number of aromatic nitrogens is 2. The minimum absolute atomic E-state index is 0.273. The van der Waals surface area contributed by atoms with E-state index in [0.29, 0.717) is 23.9 Å². The molecule has 6 nitrogen and oxygen atoms in total. The zero-order valence-corrected chi connectivity index (χ0v) is 11.7. The van der Waals surface area contributed by atoms with Crippen molar-refractivity contribution in [3.8, 4) is 0 Å². The fourth-order valence-corrected chi connectivity index (χ4v) is 4.70. The van der Waals surface area contributed by atoms with Gasteiger partial charge in [0.15, 0.2) is 15.7 Å². The van der Waals surface area contributed by atoms with Crippen LogP contribution in [0.5, 0.6) is 0 Å². The van der Waals surface area contributed by atoms with E-state index in [0.717, 1.165) is 38.8 Å². The Bertz CT molecular complexity index is 534. The van der Waals surface area contributed by atoms with Gasteiger partial charge in [0, 0.05) is 13.0 Å². The second kappa shape index (κ2) is 5.20. The largest absolute Gasteiger partial charge is 0.339 e. The lowest BCUT2D eigenvalue weighted by molar-refractivity contribution is 0.320. The van der Waals surface area contributed by atoms with Gasteiger partial charge in [0.25, 0.3) is 0 Å². The Morgan fingerprint density at radius 3 is 2.89 bits per heavy atom. The highest BCUT2D eigenvalue weighted by Crippen LogP contribution is 2.25. The highest BCUT2D eigenvalue weighted by atomic mass is 32.2. The van der Waals surface area contributed by atoms with E-state index in [2.05, 4.69) is 15.5 Å². The second-order valence-electron chi connectivity index (χ2n) is 5.43. The first-order valence-electron chi connectivity index (χ1n) is 6.90. The Hall–Kier alpha value is -0.950. The van der Waals surface area contributed by atoms with E-state index in [-0.39, 0.29) is 11.2 Å². The quantitative estimate of drug-likeness (QED) is 0.878. The summed E-state index contributed by atoms with van der Waals surface area (Å²) in [6.45, 7) is 1.90. The summed E-state index contributed by atoms with van der Waals surface area (Å²) in [6, 6.07) is 0. The average molecular weight is 285 g/mol. The molecule has 0 spiro atoms. The lowest BCUT2D eigenvalue weighted by Crippen LogP contribution is -2.28. The maximum Gasteiger partial charge on any atom is 0.231 e. The number of nitrogens with one attached hydrogen (secondary N) is 1. The van der Waals surface area contributed by atoms with E-state index in [1.54, 1.807) is 0 Å². The van der Waals surface area contributed by atoms with Crippen LogP contribution in [-0.4, -0.2) is 42.7 Å². The topological polar surface area (TPSA) is 85.1 Å². The van der Waals surface area contributed by atoms with Gasteiger partial charge in [-0.05, 0) is 32.2 Å². The van der Waals surface area contributed by atoms with E-state index < -0.39 is 9.84 Å². The lowest BCUT2D eigenvalue weighted by atomic mass is 10.00. The van der Waals surface area contributed by atoms with Crippen LogP contribution in [0.15, 0.2) is 4.52 Å². The smallest absolute Gasteiger partial charge is 0.231 e. The highest BCUT2D eigenvalue weighted by Gasteiger charge is 2.33. The van der Waals surface area contributed by atoms with Crippen LogP contribution in [-0.2, 0) is 16.3 Å². The number of hydrogen-bond donors (Lipinski definition) is 1. The summed E-state index contributed by atoms with van der Waals surface area (Å²) >= 11 is 0. The molecular formula is C12H19N3O3S. The van der Waals surface area contributed by atoms with Gasteiger partial charge in [0.2, 0.25) is 5.89 Å². The zero-order chi connectivity index (χ0) is 13.3. The minimum Gasteiger partial charge on any atom is -0.339 e. The SMILES string of the molecule is O=S1(=O)CCCC1Cc1noc(C2CCCNC2)n1. The van der Waals surface area contributed by atoms with Crippen LogP contribution >= 0.6 is 0 Å². The molecule has 2 atom stereocenters. The molecule has 2 saturated heterocycles. The predicted molar refractivity (Wildman–Crippen MR) is 69.7 cm³/mol. The van der Waals surface area contributed by atoms with Crippen molar-refractivity contribution in [2.45, 2.75) is 43.3 Å². The Morgan fingerprint density at radius 2 is 2.21 bits per heavy atom. The average Bonchev–Trinajstić information content (AvgIpc) is 2.99. The highest BCUT2D eigenvalue weighted by molar-refractivity contribution is 7.92. The molecule has 2 unspecified atom stereocenters. The Morgan fingerprint density at radius 1 is 1.32 bits per heavy atom. The number of sulfone groups is 1. The van der Waals surface area contributed by atoms with E-state index in [1.807, 2.05) is 0 Å². The first-order valence-corrected chi connectivity index (χ1v) is 8.61. The van der Waals surface area contributed by atoms with Crippen molar-refractivity contribution in [3.05, 3.63) is 11.7 Å². The van der Waals surface area contributed by atoms with Gasteiger partial charge in [0.1, 0.15) is 0 Å². The van der Waals surface area contributed by atoms with Crippen molar-refractivity contribution >= 4 is 9.84 Å². The standard InChI is InChI=1S/C12H19N3O3S/c16-19(17)6-2-4-10(19)7-11-14-12(18-15-11)9-3-1-5-13-8-9/h9-10,13H,1-8H2. The number of hydrogen-bond acceptors (Lipinski definition) is 6. The normalized spacial score (nSPS) is 30.5. The van der Waals surface area contributed by atoms with E-state index >= 15 is 0 Å². The van der Waals surface area contributed by atoms with Gasteiger partial charge in [-0.2, -0.15) is 4.98 Å². The summed E-state index contributed by atoms with van der Waals surface area (Å²) in [6.07, 6.45) is 4.03. The fourth-order valence-electron chi connectivity index (χ4n) is 2.87. The van der Waals surface area contributed by atoms with Gasteiger partial charge >= 0.3 is 0 Å². The molecule has 1 N–H and O–H groups in total. The van der Waals surface area contributed by atoms with Crippen LogP contribution in [0, 0.1) is 0 Å². The summed E-state index contributed by atoms with van der Waals surface area (Å²) in [5.41, 5.74) is 0. The van der Waals surface area contributed by atoms with E-state index in [9.17, 15) is 8.42 Å². The van der Waals surface area contributed by atoms with Gasteiger partial charge in [-0.15, -0.1) is 0 Å². The van der Waals surface area contributed by atoms with Gasteiger partial charge in [-0.3, -0.25) is 0 Å². The molecular weight excluding hydrogens is 266 g/mol. The van der Waals surface area contributed by atoms with Crippen LogP contribution < -0.4 is 5.32 Å². The monoisotopic (exact) mass is 285 g/mol. The number of rotatable bonds is 3. The molecule has 3 rings (SSSR count). The summed E-state index contributed by atoms with van der Waals surface area (Å²) in [5.74, 6) is 1.76. The van der Waals surface area contributed by atoms with Crippen LogP contribution in [0.4, 0.5) is 0 Å². The fraction of sp³-hybridized carbons (Fsp3) is 0.833. The third-order valence-corrected chi connectivity index (χ3v) is 6.28. The van der Waals surface area contributed by atoms with Crippen molar-refractivity contribution in [2.24, 2.45) is 0 Å². The Balaban J connectivity index is 1.68. The van der Waals surface area contributed by atoms with Crippen LogP contribution in [0.25, 0.3) is 0 Å². The molecule has 0 aliphatic carbocycles. The molecule has 1 aromatic heterocycles. The summed E-state index contributed by atoms with van der Waals surface area (Å²) in [7, 11) is -2.93. The van der Waals surface area contributed by atoms with Crippen molar-refractivity contribution in [3.63, 3.8) is 0 Å². The predicted octanol–water partition coefficient (Wildman–Crippen LogP) is 0.656. The van der Waals surface area contributed by atoms with Crippen molar-refractivity contribution in [2.75, 3.05) is 18.8 Å². The third-order valence-electron chi connectivity index (χ3n) is 4.00. The first-order chi connectivity index (χ1) is 9.15. The molecule has 1 aromatic rings. The maximum absolute atomic E-state index is 11.8. The molecule has 7 heteroatoms. The molecule has 2 aliphatic heterocycles.